The highest BCUT2D eigenvalue weighted by atomic mass is 32.1. The molecule has 17 heavy (non-hydrogen) atoms. The van der Waals surface area contributed by atoms with E-state index >= 15 is 0 Å². The average Bonchev–Trinajstić information content (AvgIpc) is 2.65. The van der Waals surface area contributed by atoms with Gasteiger partial charge in [-0.2, -0.15) is 0 Å². The number of methoxy groups -OCH3 is 1. The summed E-state index contributed by atoms with van der Waals surface area (Å²) in [6.07, 6.45) is 0. The van der Waals surface area contributed by atoms with Crippen LogP contribution in [0, 0.1) is 10.6 Å². The molecule has 0 amide bonds. The number of para-hydroxylation sites is 1. The molecule has 1 heterocycles. The molecular weight excluding hydrogens is 243 g/mol. The average molecular weight is 254 g/mol. The van der Waals surface area contributed by atoms with E-state index in [1.165, 1.54) is 13.2 Å². The first-order valence-corrected chi connectivity index (χ1v) is 5.43. The van der Waals surface area contributed by atoms with Gasteiger partial charge in [0.2, 0.25) is 0 Å². The highest BCUT2D eigenvalue weighted by molar-refractivity contribution is 7.71. The first-order valence-electron chi connectivity index (χ1n) is 5.03. The van der Waals surface area contributed by atoms with Crippen molar-refractivity contribution in [2.24, 2.45) is 0 Å². The summed E-state index contributed by atoms with van der Waals surface area (Å²) < 4.78 is 20.0. The molecule has 0 fully saturated rings. The van der Waals surface area contributed by atoms with Crippen molar-refractivity contribution in [3.8, 4) is 0 Å². The molecule has 0 saturated carbocycles. The van der Waals surface area contributed by atoms with E-state index in [4.69, 9.17) is 12.2 Å². The summed E-state index contributed by atoms with van der Waals surface area (Å²) in [5.41, 5.74) is 0.848. The Morgan fingerprint density at radius 2 is 2.29 bits per heavy atom. The molecule has 0 radical (unpaired) electrons. The number of hydrogen-bond acceptors (Lipinski definition) is 3. The fraction of sp³-hybridized carbons (Fsp3) is 0.273. The highest BCUT2D eigenvalue weighted by Gasteiger charge is 2.19. The third-order valence-electron chi connectivity index (χ3n) is 2.63. The van der Waals surface area contributed by atoms with Crippen molar-refractivity contribution in [1.29, 1.82) is 0 Å². The van der Waals surface area contributed by atoms with Gasteiger partial charge in [0.1, 0.15) is 17.4 Å². The van der Waals surface area contributed by atoms with E-state index in [0.29, 0.717) is 15.8 Å². The minimum Gasteiger partial charge on any atom is -0.467 e. The molecule has 90 valence electrons. The molecule has 2 rings (SSSR count). The molecule has 0 spiro atoms. The summed E-state index contributed by atoms with van der Waals surface area (Å²) in [5.74, 6) is -0.823. The summed E-state index contributed by atoms with van der Waals surface area (Å²) in [6.45, 7) is 1.65. The largest absolute Gasteiger partial charge is 0.467 e. The monoisotopic (exact) mass is 254 g/mol. The molecule has 1 unspecified atom stereocenters. The van der Waals surface area contributed by atoms with Gasteiger partial charge >= 0.3 is 5.97 Å². The van der Waals surface area contributed by atoms with E-state index in [1.54, 1.807) is 23.6 Å². The number of nitrogens with zero attached hydrogens (tertiary/aromatic N) is 1. The number of aromatic nitrogens is 2. The Morgan fingerprint density at radius 3 is 2.94 bits per heavy atom. The van der Waals surface area contributed by atoms with Gasteiger partial charge in [-0.1, -0.05) is 6.07 Å². The molecule has 0 saturated heterocycles. The number of carbonyl (C=O) groups excluding carboxylic acids is 1. The van der Waals surface area contributed by atoms with Crippen LogP contribution >= 0.6 is 12.2 Å². The van der Waals surface area contributed by atoms with Gasteiger partial charge in [0.05, 0.1) is 12.6 Å². The predicted molar refractivity (Wildman–Crippen MR) is 63.8 cm³/mol. The Balaban J connectivity index is 2.70. The molecule has 0 aliphatic heterocycles. The van der Waals surface area contributed by atoms with E-state index in [1.807, 2.05) is 0 Å². The van der Waals surface area contributed by atoms with Crippen molar-refractivity contribution in [2.75, 3.05) is 7.11 Å². The van der Waals surface area contributed by atoms with E-state index in [9.17, 15) is 9.18 Å². The van der Waals surface area contributed by atoms with Gasteiger partial charge in [-0.15, -0.1) is 0 Å². The lowest BCUT2D eigenvalue weighted by Crippen LogP contribution is -2.17. The van der Waals surface area contributed by atoms with Crippen molar-refractivity contribution in [1.82, 2.24) is 9.55 Å². The van der Waals surface area contributed by atoms with Crippen LogP contribution in [-0.4, -0.2) is 22.6 Å². The molecule has 1 aromatic heterocycles. The van der Waals surface area contributed by atoms with Crippen LogP contribution in [0.5, 0.6) is 0 Å². The number of ether oxygens (including phenoxy) is 1. The zero-order chi connectivity index (χ0) is 12.6. The van der Waals surface area contributed by atoms with Crippen LogP contribution in [0.3, 0.4) is 0 Å². The predicted octanol–water partition coefficient (Wildman–Crippen LogP) is 2.57. The van der Waals surface area contributed by atoms with Crippen LogP contribution in [-0.2, 0) is 9.53 Å². The summed E-state index contributed by atoms with van der Waals surface area (Å²) in [6, 6.07) is 4.01. The SMILES string of the molecule is COC(=O)C(C)n1c(=S)[nH]c2c(F)cccc21. The van der Waals surface area contributed by atoms with Gasteiger partial charge in [0.25, 0.3) is 0 Å². The van der Waals surface area contributed by atoms with E-state index in [2.05, 4.69) is 9.72 Å². The van der Waals surface area contributed by atoms with Crippen molar-refractivity contribution >= 4 is 29.2 Å². The number of halogens is 1. The van der Waals surface area contributed by atoms with E-state index in [-0.39, 0.29) is 0 Å². The Kier molecular flexibility index (Phi) is 2.97. The molecule has 0 bridgehead atoms. The second kappa shape index (κ2) is 4.29. The Morgan fingerprint density at radius 1 is 1.59 bits per heavy atom. The Bertz CT molecular complexity index is 632. The number of benzene rings is 1. The van der Waals surface area contributed by atoms with Crippen LogP contribution in [0.15, 0.2) is 18.2 Å². The minimum atomic E-state index is -0.594. The molecular formula is C11H11FN2O2S. The maximum atomic E-state index is 13.5. The fourth-order valence-corrected chi connectivity index (χ4v) is 2.13. The van der Waals surface area contributed by atoms with Crippen molar-refractivity contribution in [2.45, 2.75) is 13.0 Å². The second-order valence-corrected chi connectivity index (χ2v) is 4.02. The van der Waals surface area contributed by atoms with Crippen LogP contribution in [0.25, 0.3) is 11.0 Å². The fourth-order valence-electron chi connectivity index (χ4n) is 1.77. The number of aromatic amines is 1. The first-order chi connectivity index (χ1) is 8.06. The van der Waals surface area contributed by atoms with Crippen molar-refractivity contribution in [3.63, 3.8) is 0 Å². The van der Waals surface area contributed by atoms with Crippen LogP contribution < -0.4 is 0 Å². The van der Waals surface area contributed by atoms with E-state index < -0.39 is 17.8 Å². The standard InChI is InChI=1S/C11H11FN2O2S/c1-6(10(15)16-2)14-8-5-3-4-7(12)9(8)13-11(14)17/h3-6H,1-2H3,(H,13,17). The van der Waals surface area contributed by atoms with Crippen LogP contribution in [0.1, 0.15) is 13.0 Å². The molecule has 6 heteroatoms. The lowest BCUT2D eigenvalue weighted by molar-refractivity contribution is -0.143. The van der Waals surface area contributed by atoms with Gasteiger partial charge in [-0.3, -0.25) is 0 Å². The summed E-state index contributed by atoms with van der Waals surface area (Å²) in [7, 11) is 1.30. The Hall–Kier alpha value is -1.69. The molecule has 1 N–H and O–H groups in total. The topological polar surface area (TPSA) is 47.0 Å². The molecule has 1 aromatic carbocycles. The zero-order valence-electron chi connectivity index (χ0n) is 9.36. The molecule has 0 aliphatic rings. The van der Waals surface area contributed by atoms with Gasteiger partial charge in [-0.25, -0.2) is 9.18 Å². The van der Waals surface area contributed by atoms with Crippen molar-refractivity contribution < 1.29 is 13.9 Å². The number of carbonyl (C=O) groups is 1. The molecule has 0 aliphatic carbocycles. The number of imidazole rings is 1. The van der Waals surface area contributed by atoms with Gasteiger partial charge < -0.3 is 14.3 Å². The number of rotatable bonds is 2. The number of hydrogen-bond donors (Lipinski definition) is 1. The lowest BCUT2D eigenvalue weighted by atomic mass is 10.2. The minimum absolute atomic E-state index is 0.294. The first kappa shape index (κ1) is 11.8. The quantitative estimate of drug-likeness (QED) is 0.662. The second-order valence-electron chi connectivity index (χ2n) is 3.63. The van der Waals surface area contributed by atoms with Crippen LogP contribution in [0.2, 0.25) is 0 Å². The van der Waals surface area contributed by atoms with Gasteiger partial charge in [0, 0.05) is 0 Å². The number of esters is 1. The van der Waals surface area contributed by atoms with Crippen LogP contribution in [0.4, 0.5) is 4.39 Å². The summed E-state index contributed by atoms with van der Waals surface area (Å²) >= 11 is 5.09. The maximum Gasteiger partial charge on any atom is 0.328 e. The molecule has 4 nitrogen and oxygen atoms in total. The zero-order valence-corrected chi connectivity index (χ0v) is 10.2. The number of fused-ring (bicyclic) bond motifs is 1. The normalized spacial score (nSPS) is 12.6. The van der Waals surface area contributed by atoms with Crippen molar-refractivity contribution in [3.05, 3.63) is 28.8 Å². The molecule has 1 atom stereocenters. The summed E-state index contributed by atoms with van der Waals surface area (Å²) in [4.78, 5) is 14.2. The third kappa shape index (κ3) is 1.84. The van der Waals surface area contributed by atoms with Gasteiger partial charge in [-0.05, 0) is 31.3 Å². The highest BCUT2D eigenvalue weighted by Crippen LogP contribution is 2.21. The van der Waals surface area contributed by atoms with E-state index in [0.717, 1.165) is 0 Å². The third-order valence-corrected chi connectivity index (χ3v) is 2.93. The maximum absolute atomic E-state index is 13.5. The van der Waals surface area contributed by atoms with Gasteiger partial charge in [0.15, 0.2) is 4.77 Å². The molecule has 2 aromatic rings. The summed E-state index contributed by atoms with van der Waals surface area (Å²) in [5, 5.41) is 0. The lowest BCUT2D eigenvalue weighted by Gasteiger charge is -2.11. The number of H-pyrrole nitrogens is 1. The Labute approximate surface area is 102 Å². The number of nitrogens with one attached hydrogen (secondary N) is 1. The smallest absolute Gasteiger partial charge is 0.328 e.